The number of nitrogens with zero attached hydrogens (tertiary/aromatic N) is 3. The molecule has 29 heavy (non-hydrogen) atoms. The third-order valence-corrected chi connectivity index (χ3v) is 4.61. The molecule has 2 aromatic rings. The summed E-state index contributed by atoms with van der Waals surface area (Å²) in [7, 11) is 3.37. The monoisotopic (exact) mass is 395 g/mol. The molecule has 0 saturated heterocycles. The predicted molar refractivity (Wildman–Crippen MR) is 110 cm³/mol. The predicted octanol–water partition coefficient (Wildman–Crippen LogP) is 1.97. The van der Waals surface area contributed by atoms with Crippen LogP contribution in [0.4, 0.5) is 0 Å². The van der Waals surface area contributed by atoms with E-state index < -0.39 is 0 Å². The van der Waals surface area contributed by atoms with Crippen molar-refractivity contribution in [2.75, 3.05) is 20.6 Å². The number of amides is 2. The lowest BCUT2D eigenvalue weighted by Crippen LogP contribution is -2.41. The molecule has 0 spiro atoms. The van der Waals surface area contributed by atoms with Gasteiger partial charge in [0, 0.05) is 45.0 Å². The summed E-state index contributed by atoms with van der Waals surface area (Å²) in [6, 6.07) is 10.7. The number of ether oxygens (including phenoxy) is 1. The number of rotatable bonds is 7. The molecule has 3 rings (SSSR count). The number of likely N-dealkylation sites (N-methyl/N-ethyl adjacent to an activating group) is 1. The number of hydrazone groups is 1. The average molecular weight is 395 g/mol. The molecule has 0 fully saturated rings. The van der Waals surface area contributed by atoms with Crippen LogP contribution >= 0.6 is 0 Å². The Bertz CT molecular complexity index is 928. The minimum Gasteiger partial charge on any atom is -0.457 e. The minimum absolute atomic E-state index is 0.0148. The van der Waals surface area contributed by atoms with Crippen LogP contribution in [-0.2, 0) is 11.2 Å². The molecule has 0 bridgehead atoms. The second kappa shape index (κ2) is 9.18. The van der Waals surface area contributed by atoms with Gasteiger partial charge in [0.2, 0.25) is 5.91 Å². The largest absolute Gasteiger partial charge is 0.457 e. The fourth-order valence-electron chi connectivity index (χ4n) is 3.13. The van der Waals surface area contributed by atoms with Gasteiger partial charge < -0.3 is 15.4 Å². The zero-order chi connectivity index (χ0) is 20.8. The molecule has 2 heterocycles. The highest BCUT2D eigenvalue weighted by atomic mass is 16.5. The first kappa shape index (κ1) is 20.3. The summed E-state index contributed by atoms with van der Waals surface area (Å²) < 4.78 is 5.86. The molecule has 1 aromatic heterocycles. The van der Waals surface area contributed by atoms with E-state index in [0.29, 0.717) is 36.6 Å². The van der Waals surface area contributed by atoms with E-state index in [9.17, 15) is 9.59 Å². The van der Waals surface area contributed by atoms with E-state index >= 15 is 0 Å². The Morgan fingerprint density at radius 2 is 2.03 bits per heavy atom. The van der Waals surface area contributed by atoms with E-state index in [1.54, 1.807) is 24.2 Å². The molecule has 2 amide bonds. The van der Waals surface area contributed by atoms with E-state index in [0.717, 1.165) is 11.3 Å². The normalized spacial score (nSPS) is 15.6. The number of carbonyl (C=O) groups excluding carboxylic acids is 2. The second-order valence-corrected chi connectivity index (χ2v) is 6.88. The molecular weight excluding hydrogens is 370 g/mol. The average Bonchev–Trinajstić information content (AvgIpc) is 3.06. The number of hydrogen-bond acceptors (Lipinski definition) is 6. The van der Waals surface area contributed by atoms with Crippen molar-refractivity contribution in [1.82, 2.24) is 20.6 Å². The highest BCUT2D eigenvalue weighted by molar-refractivity contribution is 5.93. The molecule has 1 unspecified atom stereocenters. The first-order valence-corrected chi connectivity index (χ1v) is 9.46. The third-order valence-electron chi connectivity index (χ3n) is 4.61. The van der Waals surface area contributed by atoms with Crippen LogP contribution < -0.4 is 15.4 Å². The molecule has 8 heteroatoms. The Hall–Kier alpha value is -3.42. The molecule has 1 aliphatic heterocycles. The molecule has 1 atom stereocenters. The first-order valence-electron chi connectivity index (χ1n) is 9.46. The highest BCUT2D eigenvalue weighted by Gasteiger charge is 2.27. The summed E-state index contributed by atoms with van der Waals surface area (Å²) in [4.78, 5) is 28.1. The quantitative estimate of drug-likeness (QED) is 0.747. The molecule has 2 N–H and O–H groups in total. The fraction of sp³-hybridized carbons (Fsp3) is 0.333. The zero-order valence-corrected chi connectivity index (χ0v) is 16.8. The Morgan fingerprint density at radius 3 is 2.76 bits per heavy atom. The third kappa shape index (κ3) is 5.31. The SMILES string of the molecule is CNC(=O)c1cc(Oc2cccc(CCNC(=O)C3CC(C)=NN3C)c2)ccn1. The molecule has 1 aliphatic rings. The van der Waals surface area contributed by atoms with Gasteiger partial charge in [-0.25, -0.2) is 0 Å². The van der Waals surface area contributed by atoms with Crippen molar-refractivity contribution in [2.24, 2.45) is 5.10 Å². The Morgan fingerprint density at radius 1 is 1.24 bits per heavy atom. The summed E-state index contributed by atoms with van der Waals surface area (Å²) in [5.74, 6) is 0.901. The van der Waals surface area contributed by atoms with E-state index in [4.69, 9.17) is 4.74 Å². The zero-order valence-electron chi connectivity index (χ0n) is 16.8. The van der Waals surface area contributed by atoms with Crippen molar-refractivity contribution < 1.29 is 14.3 Å². The van der Waals surface area contributed by atoms with Gasteiger partial charge in [0.1, 0.15) is 23.2 Å². The Balaban J connectivity index is 1.55. The number of nitrogens with one attached hydrogen (secondary N) is 2. The molecule has 0 radical (unpaired) electrons. The van der Waals surface area contributed by atoms with Crippen LogP contribution in [0.1, 0.15) is 29.4 Å². The number of carbonyl (C=O) groups is 2. The van der Waals surface area contributed by atoms with Gasteiger partial charge in [0.05, 0.1) is 0 Å². The summed E-state index contributed by atoms with van der Waals surface area (Å²) in [5.41, 5.74) is 2.30. The van der Waals surface area contributed by atoms with Gasteiger partial charge in [0.25, 0.3) is 5.91 Å². The van der Waals surface area contributed by atoms with Crippen molar-refractivity contribution in [3.8, 4) is 11.5 Å². The summed E-state index contributed by atoms with van der Waals surface area (Å²) in [6.45, 7) is 2.46. The van der Waals surface area contributed by atoms with Crippen LogP contribution in [0.5, 0.6) is 11.5 Å². The maximum atomic E-state index is 12.3. The van der Waals surface area contributed by atoms with Crippen molar-refractivity contribution >= 4 is 17.5 Å². The van der Waals surface area contributed by atoms with Crippen LogP contribution in [0.15, 0.2) is 47.7 Å². The molecule has 0 saturated carbocycles. The van der Waals surface area contributed by atoms with Crippen molar-refractivity contribution in [2.45, 2.75) is 25.8 Å². The Kier molecular flexibility index (Phi) is 6.43. The maximum Gasteiger partial charge on any atom is 0.269 e. The minimum atomic E-state index is -0.270. The van der Waals surface area contributed by atoms with Crippen LogP contribution in [0.3, 0.4) is 0 Å². The van der Waals surface area contributed by atoms with E-state index in [1.807, 2.05) is 38.2 Å². The fourth-order valence-corrected chi connectivity index (χ4v) is 3.13. The van der Waals surface area contributed by atoms with Gasteiger partial charge in [0.15, 0.2) is 0 Å². The first-order chi connectivity index (χ1) is 14.0. The lowest BCUT2D eigenvalue weighted by atomic mass is 10.1. The van der Waals surface area contributed by atoms with Crippen molar-refractivity contribution in [3.63, 3.8) is 0 Å². The lowest BCUT2D eigenvalue weighted by Gasteiger charge is -2.18. The maximum absolute atomic E-state index is 12.3. The van der Waals surface area contributed by atoms with Crippen molar-refractivity contribution in [3.05, 3.63) is 53.9 Å². The smallest absolute Gasteiger partial charge is 0.269 e. The molecular formula is C21H25N5O3. The van der Waals surface area contributed by atoms with E-state index in [-0.39, 0.29) is 17.9 Å². The molecule has 8 nitrogen and oxygen atoms in total. The summed E-state index contributed by atoms with van der Waals surface area (Å²) in [6.07, 6.45) is 2.87. The lowest BCUT2D eigenvalue weighted by molar-refractivity contribution is -0.125. The van der Waals surface area contributed by atoms with Crippen LogP contribution in [0.2, 0.25) is 0 Å². The second-order valence-electron chi connectivity index (χ2n) is 6.88. The van der Waals surface area contributed by atoms with Gasteiger partial charge in [-0.05, 0) is 37.1 Å². The van der Waals surface area contributed by atoms with Crippen LogP contribution in [0.25, 0.3) is 0 Å². The summed E-state index contributed by atoms with van der Waals surface area (Å²) >= 11 is 0. The van der Waals surface area contributed by atoms with Gasteiger partial charge in [-0.2, -0.15) is 5.10 Å². The Labute approximate surface area is 170 Å². The molecule has 0 aliphatic carbocycles. The van der Waals surface area contributed by atoms with Gasteiger partial charge in [-0.3, -0.25) is 19.6 Å². The van der Waals surface area contributed by atoms with Crippen LogP contribution in [0, 0.1) is 0 Å². The topological polar surface area (TPSA) is 95.9 Å². The number of hydrogen-bond donors (Lipinski definition) is 2. The van der Waals surface area contributed by atoms with Crippen LogP contribution in [-0.4, -0.2) is 54.2 Å². The highest BCUT2D eigenvalue weighted by Crippen LogP contribution is 2.22. The number of pyridine rings is 1. The van der Waals surface area contributed by atoms with E-state index in [1.165, 1.54) is 6.20 Å². The van der Waals surface area contributed by atoms with Gasteiger partial charge >= 0.3 is 0 Å². The summed E-state index contributed by atoms with van der Waals surface area (Å²) in [5, 5.41) is 11.5. The number of benzene rings is 1. The number of aromatic nitrogens is 1. The van der Waals surface area contributed by atoms with Gasteiger partial charge in [-0.15, -0.1) is 0 Å². The van der Waals surface area contributed by atoms with E-state index in [2.05, 4.69) is 20.7 Å². The van der Waals surface area contributed by atoms with Crippen molar-refractivity contribution in [1.29, 1.82) is 0 Å². The standard InChI is InChI=1S/C21H25N5O3/c1-14-11-19(26(3)25-14)21(28)24-9-7-15-5-4-6-16(12-15)29-17-8-10-23-18(13-17)20(27)22-2/h4-6,8,10,12-13,19H,7,9,11H2,1-3H3,(H,22,27)(H,24,28). The molecule has 1 aromatic carbocycles. The van der Waals surface area contributed by atoms with Gasteiger partial charge in [-0.1, -0.05) is 12.1 Å². The molecule has 152 valence electrons.